The topological polar surface area (TPSA) is 67.5 Å². The third-order valence-electron chi connectivity index (χ3n) is 3.63. The molecule has 2 aromatic rings. The van der Waals surface area contributed by atoms with E-state index >= 15 is 0 Å². The SMILES string of the molecule is CNC(=O)c1ccc(-c2ccc3c(c2)N=C(N)CC=C3)cc1. The van der Waals surface area contributed by atoms with E-state index in [9.17, 15) is 4.79 Å². The van der Waals surface area contributed by atoms with Crippen molar-refractivity contribution in [1.29, 1.82) is 0 Å². The van der Waals surface area contributed by atoms with Gasteiger partial charge < -0.3 is 11.1 Å². The monoisotopic (exact) mass is 291 g/mol. The predicted octanol–water partition coefficient (Wildman–Crippen LogP) is 3.12. The number of hydrogen-bond acceptors (Lipinski definition) is 3. The number of carbonyl (C=O) groups excluding carboxylic acids is 1. The number of amidine groups is 1. The molecule has 0 aromatic heterocycles. The molecule has 3 rings (SSSR count). The zero-order chi connectivity index (χ0) is 15.5. The van der Waals surface area contributed by atoms with Gasteiger partial charge in [0.1, 0.15) is 5.84 Å². The average Bonchev–Trinajstić information content (AvgIpc) is 2.74. The lowest BCUT2D eigenvalue weighted by atomic mass is 10.0. The Balaban J connectivity index is 1.98. The van der Waals surface area contributed by atoms with Crippen LogP contribution in [0.2, 0.25) is 0 Å². The highest BCUT2D eigenvalue weighted by Gasteiger charge is 2.08. The number of amides is 1. The van der Waals surface area contributed by atoms with Crippen LogP contribution in [0.3, 0.4) is 0 Å². The number of rotatable bonds is 2. The van der Waals surface area contributed by atoms with Crippen molar-refractivity contribution in [2.24, 2.45) is 10.7 Å². The van der Waals surface area contributed by atoms with E-state index in [2.05, 4.69) is 16.4 Å². The number of benzene rings is 2. The molecule has 0 saturated carbocycles. The summed E-state index contributed by atoms with van der Waals surface area (Å²) in [6.07, 6.45) is 4.73. The molecule has 0 fully saturated rings. The summed E-state index contributed by atoms with van der Waals surface area (Å²) in [5.74, 6) is 0.526. The van der Waals surface area contributed by atoms with Gasteiger partial charge >= 0.3 is 0 Å². The van der Waals surface area contributed by atoms with E-state index < -0.39 is 0 Å². The van der Waals surface area contributed by atoms with Gasteiger partial charge in [-0.15, -0.1) is 0 Å². The van der Waals surface area contributed by atoms with E-state index in [1.165, 1.54) is 0 Å². The summed E-state index contributed by atoms with van der Waals surface area (Å²) in [6, 6.07) is 13.6. The van der Waals surface area contributed by atoms with Gasteiger partial charge in [0.15, 0.2) is 0 Å². The molecule has 0 radical (unpaired) electrons. The molecule has 22 heavy (non-hydrogen) atoms. The Labute approximate surface area is 129 Å². The summed E-state index contributed by atoms with van der Waals surface area (Å²) in [7, 11) is 1.62. The summed E-state index contributed by atoms with van der Waals surface area (Å²) in [4.78, 5) is 16.0. The Bertz CT molecular complexity index is 773. The molecule has 1 aliphatic heterocycles. The molecule has 0 unspecified atom stereocenters. The second-order valence-corrected chi connectivity index (χ2v) is 5.14. The first-order valence-corrected chi connectivity index (χ1v) is 7.13. The fourth-order valence-electron chi connectivity index (χ4n) is 2.43. The lowest BCUT2D eigenvalue weighted by Gasteiger charge is -2.07. The molecule has 4 nitrogen and oxygen atoms in total. The molecule has 1 heterocycles. The quantitative estimate of drug-likeness (QED) is 0.892. The maximum Gasteiger partial charge on any atom is 0.251 e. The third-order valence-corrected chi connectivity index (χ3v) is 3.63. The van der Waals surface area contributed by atoms with Crippen LogP contribution in [0, 0.1) is 0 Å². The van der Waals surface area contributed by atoms with E-state index in [0.29, 0.717) is 17.8 Å². The molecule has 110 valence electrons. The zero-order valence-corrected chi connectivity index (χ0v) is 12.3. The Kier molecular flexibility index (Phi) is 3.74. The van der Waals surface area contributed by atoms with Gasteiger partial charge in [0.25, 0.3) is 5.91 Å². The Hall–Kier alpha value is -2.88. The number of fused-ring (bicyclic) bond motifs is 1. The van der Waals surface area contributed by atoms with E-state index in [-0.39, 0.29) is 5.91 Å². The lowest BCUT2D eigenvalue weighted by molar-refractivity contribution is 0.0963. The van der Waals surface area contributed by atoms with E-state index in [0.717, 1.165) is 22.4 Å². The van der Waals surface area contributed by atoms with Crippen LogP contribution < -0.4 is 11.1 Å². The number of nitrogens with zero attached hydrogens (tertiary/aromatic N) is 1. The normalized spacial score (nSPS) is 13.0. The summed E-state index contributed by atoms with van der Waals surface area (Å²) in [6.45, 7) is 0. The summed E-state index contributed by atoms with van der Waals surface area (Å²) in [5, 5.41) is 2.62. The fraction of sp³-hybridized carbons (Fsp3) is 0.111. The predicted molar refractivity (Wildman–Crippen MR) is 90.2 cm³/mol. The summed E-state index contributed by atoms with van der Waals surface area (Å²) >= 11 is 0. The van der Waals surface area contributed by atoms with Crippen LogP contribution in [-0.4, -0.2) is 18.8 Å². The molecule has 0 spiro atoms. The highest BCUT2D eigenvalue weighted by atomic mass is 16.1. The van der Waals surface area contributed by atoms with Crippen LogP contribution >= 0.6 is 0 Å². The minimum atomic E-state index is -0.0870. The fourth-order valence-corrected chi connectivity index (χ4v) is 2.43. The minimum Gasteiger partial charge on any atom is -0.387 e. The molecular formula is C18H17N3O. The van der Waals surface area contributed by atoms with E-state index in [4.69, 9.17) is 5.73 Å². The van der Waals surface area contributed by atoms with Gasteiger partial charge in [-0.05, 0) is 34.9 Å². The minimum absolute atomic E-state index is 0.0870. The smallest absolute Gasteiger partial charge is 0.251 e. The van der Waals surface area contributed by atoms with Gasteiger partial charge in [-0.25, -0.2) is 4.99 Å². The Morgan fingerprint density at radius 3 is 2.59 bits per heavy atom. The highest BCUT2D eigenvalue weighted by molar-refractivity contribution is 5.94. The maximum atomic E-state index is 11.6. The van der Waals surface area contributed by atoms with Crippen molar-refractivity contribution >= 4 is 23.5 Å². The molecule has 4 heteroatoms. The van der Waals surface area contributed by atoms with Gasteiger partial charge in [0.05, 0.1) is 5.69 Å². The molecule has 2 aromatic carbocycles. The molecule has 3 N–H and O–H groups in total. The molecule has 0 aliphatic carbocycles. The first-order chi connectivity index (χ1) is 10.7. The van der Waals surface area contributed by atoms with Gasteiger partial charge in [0.2, 0.25) is 0 Å². The highest BCUT2D eigenvalue weighted by Crippen LogP contribution is 2.30. The maximum absolute atomic E-state index is 11.6. The first kappa shape index (κ1) is 14.1. The molecule has 0 atom stereocenters. The molecule has 1 aliphatic rings. The first-order valence-electron chi connectivity index (χ1n) is 7.13. The van der Waals surface area contributed by atoms with Crippen molar-refractivity contribution in [1.82, 2.24) is 5.32 Å². The number of aliphatic imine (C=N–C) groups is 1. The van der Waals surface area contributed by atoms with E-state index in [1.54, 1.807) is 7.05 Å². The molecule has 0 saturated heterocycles. The number of nitrogens with two attached hydrogens (primary N) is 1. The number of carbonyl (C=O) groups is 1. The van der Waals surface area contributed by atoms with Crippen LogP contribution in [0.5, 0.6) is 0 Å². The standard InChI is InChI=1S/C18H17N3O/c1-20-18(22)14-8-5-12(6-9-14)15-10-7-13-3-2-4-17(19)21-16(13)11-15/h2-3,5-11H,4H2,1H3,(H2,19,21)(H,20,22). The van der Waals surface area contributed by atoms with Crippen molar-refractivity contribution in [3.8, 4) is 11.1 Å². The average molecular weight is 291 g/mol. The van der Waals surface area contributed by atoms with Crippen LogP contribution in [-0.2, 0) is 0 Å². The van der Waals surface area contributed by atoms with E-state index in [1.807, 2.05) is 48.6 Å². The summed E-state index contributed by atoms with van der Waals surface area (Å²) < 4.78 is 0. The van der Waals surface area contributed by atoms with Crippen molar-refractivity contribution in [3.05, 3.63) is 59.7 Å². The van der Waals surface area contributed by atoms with Gasteiger partial charge in [0, 0.05) is 19.0 Å². The Morgan fingerprint density at radius 1 is 1.14 bits per heavy atom. The molecule has 1 amide bonds. The van der Waals surface area contributed by atoms with Crippen molar-refractivity contribution in [2.75, 3.05) is 7.05 Å². The molecule has 0 bridgehead atoms. The van der Waals surface area contributed by atoms with Gasteiger partial charge in [-0.3, -0.25) is 4.79 Å². The van der Waals surface area contributed by atoms with Crippen LogP contribution in [0.15, 0.2) is 53.5 Å². The van der Waals surface area contributed by atoms with Crippen molar-refractivity contribution in [2.45, 2.75) is 6.42 Å². The second-order valence-electron chi connectivity index (χ2n) is 5.14. The third kappa shape index (κ3) is 2.76. The Morgan fingerprint density at radius 2 is 1.86 bits per heavy atom. The largest absolute Gasteiger partial charge is 0.387 e. The van der Waals surface area contributed by atoms with Crippen molar-refractivity contribution in [3.63, 3.8) is 0 Å². The van der Waals surface area contributed by atoms with Crippen LogP contribution in [0.4, 0.5) is 5.69 Å². The van der Waals surface area contributed by atoms with Crippen LogP contribution in [0.1, 0.15) is 22.3 Å². The number of hydrogen-bond donors (Lipinski definition) is 2. The van der Waals surface area contributed by atoms with Crippen LogP contribution in [0.25, 0.3) is 17.2 Å². The zero-order valence-electron chi connectivity index (χ0n) is 12.3. The van der Waals surface area contributed by atoms with Crippen molar-refractivity contribution < 1.29 is 4.79 Å². The summed E-state index contributed by atoms with van der Waals surface area (Å²) in [5.41, 5.74) is 10.5. The second kappa shape index (κ2) is 5.85. The lowest BCUT2D eigenvalue weighted by Crippen LogP contribution is -2.17. The molecular weight excluding hydrogens is 274 g/mol. The van der Waals surface area contributed by atoms with Gasteiger partial charge in [-0.2, -0.15) is 0 Å². The number of nitrogens with one attached hydrogen (secondary N) is 1. The van der Waals surface area contributed by atoms with Gasteiger partial charge in [-0.1, -0.05) is 36.4 Å².